The molecule has 0 saturated heterocycles. The number of aromatic amines is 1. The van der Waals surface area contributed by atoms with E-state index in [2.05, 4.69) is 4.98 Å². The van der Waals surface area contributed by atoms with Crippen LogP contribution in [0.4, 0.5) is 0 Å². The molecular formula is C14H19NO2. The van der Waals surface area contributed by atoms with Gasteiger partial charge in [-0.25, -0.2) is 0 Å². The summed E-state index contributed by atoms with van der Waals surface area (Å²) in [5.74, 6) is 0.844. The van der Waals surface area contributed by atoms with Gasteiger partial charge in [-0.05, 0) is 38.5 Å². The molecule has 0 aliphatic heterocycles. The minimum atomic E-state index is -0.418. The summed E-state index contributed by atoms with van der Waals surface area (Å²) < 4.78 is 5.66. The largest absolute Gasteiger partial charge is 0.491 e. The van der Waals surface area contributed by atoms with Crippen LogP contribution >= 0.6 is 0 Å². The van der Waals surface area contributed by atoms with Gasteiger partial charge in [-0.2, -0.15) is 0 Å². The van der Waals surface area contributed by atoms with Crippen LogP contribution in [0.25, 0.3) is 10.9 Å². The molecule has 2 rings (SSSR count). The standard InChI is InChI=1S/C14H19NO2/c1-4-14(16)12-8-15-13-6-5-10(7-11(12)13)17-9(2)3/h5-9,14-16H,4H2,1-3H3/t14-/m1/s1. The second kappa shape index (κ2) is 4.80. The van der Waals surface area contributed by atoms with Crippen LogP contribution in [-0.4, -0.2) is 16.2 Å². The topological polar surface area (TPSA) is 45.2 Å². The molecule has 1 atom stereocenters. The van der Waals surface area contributed by atoms with Crippen molar-refractivity contribution in [2.75, 3.05) is 0 Å². The van der Waals surface area contributed by atoms with Crippen LogP contribution in [0.3, 0.4) is 0 Å². The molecule has 0 spiro atoms. The van der Waals surface area contributed by atoms with Crippen molar-refractivity contribution >= 4 is 10.9 Å². The highest BCUT2D eigenvalue weighted by Gasteiger charge is 2.12. The second-order valence-corrected chi connectivity index (χ2v) is 4.54. The van der Waals surface area contributed by atoms with Gasteiger partial charge >= 0.3 is 0 Å². The number of ether oxygens (including phenoxy) is 1. The zero-order valence-corrected chi connectivity index (χ0v) is 10.5. The average molecular weight is 233 g/mol. The lowest BCUT2D eigenvalue weighted by Crippen LogP contribution is -2.05. The maximum atomic E-state index is 9.93. The van der Waals surface area contributed by atoms with Crippen LogP contribution < -0.4 is 4.74 Å². The van der Waals surface area contributed by atoms with Crippen LogP contribution in [0, 0.1) is 0 Å². The molecule has 1 heterocycles. The van der Waals surface area contributed by atoms with E-state index in [1.165, 1.54) is 0 Å². The third-order valence-electron chi connectivity index (χ3n) is 2.80. The lowest BCUT2D eigenvalue weighted by atomic mass is 10.1. The van der Waals surface area contributed by atoms with Crippen LogP contribution in [0.5, 0.6) is 5.75 Å². The summed E-state index contributed by atoms with van der Waals surface area (Å²) in [5.41, 5.74) is 1.97. The molecule has 3 heteroatoms. The fourth-order valence-electron chi connectivity index (χ4n) is 1.96. The number of hydrogen-bond donors (Lipinski definition) is 2. The lowest BCUT2D eigenvalue weighted by molar-refractivity contribution is 0.175. The first-order valence-corrected chi connectivity index (χ1v) is 6.07. The smallest absolute Gasteiger partial charge is 0.120 e. The zero-order chi connectivity index (χ0) is 12.4. The van der Waals surface area contributed by atoms with Crippen LogP contribution in [0.1, 0.15) is 38.9 Å². The fraction of sp³-hybridized carbons (Fsp3) is 0.429. The van der Waals surface area contributed by atoms with Crippen molar-refractivity contribution in [3.05, 3.63) is 30.0 Å². The van der Waals surface area contributed by atoms with Crippen molar-refractivity contribution in [2.24, 2.45) is 0 Å². The maximum absolute atomic E-state index is 9.93. The predicted molar refractivity (Wildman–Crippen MR) is 69.3 cm³/mol. The molecule has 1 aromatic carbocycles. The van der Waals surface area contributed by atoms with Gasteiger partial charge in [0, 0.05) is 22.7 Å². The number of nitrogens with one attached hydrogen (secondary N) is 1. The highest BCUT2D eigenvalue weighted by atomic mass is 16.5. The first-order valence-electron chi connectivity index (χ1n) is 6.07. The van der Waals surface area contributed by atoms with Gasteiger partial charge in [0.2, 0.25) is 0 Å². The summed E-state index contributed by atoms with van der Waals surface area (Å²) in [6.07, 6.45) is 2.32. The summed E-state index contributed by atoms with van der Waals surface area (Å²) in [6, 6.07) is 5.92. The first kappa shape index (κ1) is 12.0. The monoisotopic (exact) mass is 233 g/mol. The van der Waals surface area contributed by atoms with Crippen molar-refractivity contribution in [3.63, 3.8) is 0 Å². The van der Waals surface area contributed by atoms with Gasteiger partial charge < -0.3 is 14.8 Å². The number of rotatable bonds is 4. The van der Waals surface area contributed by atoms with Crippen molar-refractivity contribution in [2.45, 2.75) is 39.4 Å². The summed E-state index contributed by atoms with van der Waals surface area (Å²) in [4.78, 5) is 3.17. The molecule has 0 unspecified atom stereocenters. The Kier molecular flexibility index (Phi) is 3.38. The fourth-order valence-corrected chi connectivity index (χ4v) is 1.96. The van der Waals surface area contributed by atoms with Crippen molar-refractivity contribution in [1.29, 1.82) is 0 Å². The molecule has 0 fully saturated rings. The molecule has 0 saturated carbocycles. The number of aromatic nitrogens is 1. The van der Waals surface area contributed by atoms with E-state index in [-0.39, 0.29) is 6.10 Å². The Morgan fingerprint density at radius 3 is 2.76 bits per heavy atom. The zero-order valence-electron chi connectivity index (χ0n) is 10.5. The van der Waals surface area contributed by atoms with E-state index in [1.807, 2.05) is 45.2 Å². The molecular weight excluding hydrogens is 214 g/mol. The SMILES string of the molecule is CC[C@@H](O)c1c[nH]c2ccc(OC(C)C)cc12. The molecule has 2 aromatic rings. The van der Waals surface area contributed by atoms with Gasteiger partial charge in [0.1, 0.15) is 5.75 Å². The minimum absolute atomic E-state index is 0.158. The highest BCUT2D eigenvalue weighted by Crippen LogP contribution is 2.29. The van der Waals surface area contributed by atoms with Crippen molar-refractivity contribution in [1.82, 2.24) is 4.98 Å². The number of aliphatic hydroxyl groups excluding tert-OH is 1. The van der Waals surface area contributed by atoms with Crippen LogP contribution in [0.2, 0.25) is 0 Å². The third kappa shape index (κ3) is 2.44. The summed E-state index contributed by atoms with van der Waals surface area (Å²) >= 11 is 0. The Hall–Kier alpha value is -1.48. The number of H-pyrrole nitrogens is 1. The second-order valence-electron chi connectivity index (χ2n) is 4.54. The Balaban J connectivity index is 2.43. The highest BCUT2D eigenvalue weighted by molar-refractivity contribution is 5.85. The summed E-state index contributed by atoms with van der Waals surface area (Å²) in [6.45, 7) is 5.98. The van der Waals surface area contributed by atoms with Gasteiger partial charge in [0.05, 0.1) is 12.2 Å². The molecule has 0 bridgehead atoms. The number of fused-ring (bicyclic) bond motifs is 1. The Labute approximate surface area is 101 Å². The van der Waals surface area contributed by atoms with Gasteiger partial charge in [0.15, 0.2) is 0 Å². The van der Waals surface area contributed by atoms with E-state index in [0.29, 0.717) is 6.42 Å². The van der Waals surface area contributed by atoms with Crippen LogP contribution in [-0.2, 0) is 0 Å². The van der Waals surface area contributed by atoms with Gasteiger partial charge in [0.25, 0.3) is 0 Å². The number of hydrogen-bond acceptors (Lipinski definition) is 2. The molecule has 3 nitrogen and oxygen atoms in total. The molecule has 0 radical (unpaired) electrons. The van der Waals surface area contributed by atoms with Crippen LogP contribution in [0.15, 0.2) is 24.4 Å². The quantitative estimate of drug-likeness (QED) is 0.850. The molecule has 0 aliphatic rings. The predicted octanol–water partition coefficient (Wildman–Crippen LogP) is 3.40. The molecule has 92 valence electrons. The molecule has 2 N–H and O–H groups in total. The van der Waals surface area contributed by atoms with Gasteiger partial charge in [-0.3, -0.25) is 0 Å². The molecule has 0 amide bonds. The van der Waals surface area contributed by atoms with E-state index in [9.17, 15) is 5.11 Å². The molecule has 0 aliphatic carbocycles. The normalized spacial score (nSPS) is 13.2. The van der Waals surface area contributed by atoms with E-state index < -0.39 is 6.10 Å². The van der Waals surface area contributed by atoms with Crippen molar-refractivity contribution in [3.8, 4) is 5.75 Å². The van der Waals surface area contributed by atoms with E-state index in [4.69, 9.17) is 4.74 Å². The number of benzene rings is 1. The van der Waals surface area contributed by atoms with E-state index >= 15 is 0 Å². The third-order valence-corrected chi connectivity index (χ3v) is 2.80. The van der Waals surface area contributed by atoms with Gasteiger partial charge in [-0.15, -0.1) is 0 Å². The van der Waals surface area contributed by atoms with Crippen molar-refractivity contribution < 1.29 is 9.84 Å². The molecule has 1 aromatic heterocycles. The Bertz CT molecular complexity index is 502. The average Bonchev–Trinajstić information content (AvgIpc) is 2.70. The molecule has 17 heavy (non-hydrogen) atoms. The maximum Gasteiger partial charge on any atom is 0.120 e. The van der Waals surface area contributed by atoms with E-state index in [0.717, 1.165) is 22.2 Å². The Morgan fingerprint density at radius 2 is 2.12 bits per heavy atom. The minimum Gasteiger partial charge on any atom is -0.491 e. The Morgan fingerprint density at radius 1 is 1.35 bits per heavy atom. The lowest BCUT2D eigenvalue weighted by Gasteiger charge is -2.10. The van der Waals surface area contributed by atoms with E-state index in [1.54, 1.807) is 0 Å². The summed E-state index contributed by atoms with van der Waals surface area (Å²) in [7, 11) is 0. The summed E-state index contributed by atoms with van der Waals surface area (Å²) in [5, 5.41) is 11.0. The first-order chi connectivity index (χ1) is 8.11. The number of aliphatic hydroxyl groups is 1. The van der Waals surface area contributed by atoms with Gasteiger partial charge in [-0.1, -0.05) is 6.92 Å².